The molecule has 240 valence electrons. The molecule has 1 aliphatic carbocycles. The van der Waals surface area contributed by atoms with Crippen molar-refractivity contribution in [3.63, 3.8) is 0 Å². The molecule has 1 fully saturated rings. The molecule has 2 aliphatic rings. The van der Waals surface area contributed by atoms with Crippen molar-refractivity contribution < 1.29 is 28.9 Å². The summed E-state index contributed by atoms with van der Waals surface area (Å²) in [5.74, 6) is -1.62. The predicted octanol–water partition coefficient (Wildman–Crippen LogP) is 7.94. The molecule has 1 saturated carbocycles. The van der Waals surface area contributed by atoms with Crippen LogP contribution in [0, 0.1) is 26.1 Å². The summed E-state index contributed by atoms with van der Waals surface area (Å²) in [6.07, 6.45) is 0.575. The molecule has 4 aromatic carbocycles. The summed E-state index contributed by atoms with van der Waals surface area (Å²) in [5, 5.41) is 25.9. The van der Waals surface area contributed by atoms with E-state index in [2.05, 4.69) is 5.32 Å². The van der Waals surface area contributed by atoms with Crippen molar-refractivity contribution in [2.45, 2.75) is 40.8 Å². The van der Waals surface area contributed by atoms with Gasteiger partial charge in [-0.1, -0.05) is 36.4 Å². The molecule has 1 aliphatic heterocycles. The topological polar surface area (TPSA) is 151 Å². The highest BCUT2D eigenvalue weighted by Gasteiger charge is 2.50. The van der Waals surface area contributed by atoms with Crippen LogP contribution in [0.25, 0.3) is 0 Å². The van der Waals surface area contributed by atoms with Gasteiger partial charge in [0.1, 0.15) is 11.3 Å². The van der Waals surface area contributed by atoms with E-state index in [4.69, 9.17) is 21.1 Å². The number of hydrogen-bond donors (Lipinski definition) is 1. The van der Waals surface area contributed by atoms with E-state index in [-0.39, 0.29) is 58.0 Å². The van der Waals surface area contributed by atoms with Crippen LogP contribution >= 0.6 is 23.4 Å². The molecule has 1 heterocycles. The minimum Gasteiger partial charge on any atom is -0.462 e. The monoisotopic (exact) mass is 673 g/mol. The number of para-hydroxylation sites is 2. The number of fused-ring (bicyclic) bond motifs is 3. The van der Waals surface area contributed by atoms with Crippen molar-refractivity contribution in [3.8, 4) is 5.75 Å². The third-order valence-corrected chi connectivity index (χ3v) is 10.6. The van der Waals surface area contributed by atoms with Gasteiger partial charge < -0.3 is 14.8 Å². The second-order valence-electron chi connectivity index (χ2n) is 11.1. The van der Waals surface area contributed by atoms with E-state index in [1.165, 1.54) is 42.1 Å². The quantitative estimate of drug-likeness (QED) is 0.0609. The van der Waals surface area contributed by atoms with Crippen molar-refractivity contribution in [1.29, 1.82) is 0 Å². The number of alkyl halides is 1. The number of carbonyl (C=O) groups is 2. The molecular weight excluding hydrogens is 646 g/mol. The number of nitro benzene ring substituents is 2. The second kappa shape index (κ2) is 13.4. The number of nitro groups is 2. The Morgan fingerprint density at radius 1 is 0.936 bits per heavy atom. The number of nitrogens with one attached hydrogen (secondary N) is 1. The van der Waals surface area contributed by atoms with E-state index >= 15 is 0 Å². The highest BCUT2D eigenvalue weighted by atomic mass is 35.5. The number of thioether (sulfide) groups is 1. The zero-order chi connectivity index (χ0) is 33.2. The first-order valence-corrected chi connectivity index (χ1v) is 16.1. The number of carbonyl (C=O) groups excluding carboxylic acids is 2. The number of halogens is 1. The highest BCUT2D eigenvalue weighted by Crippen LogP contribution is 2.58. The second-order valence-corrected chi connectivity index (χ2v) is 12.9. The highest BCUT2D eigenvalue weighted by molar-refractivity contribution is 8.00. The first-order chi connectivity index (χ1) is 22.7. The van der Waals surface area contributed by atoms with Gasteiger partial charge in [0, 0.05) is 35.1 Å². The summed E-state index contributed by atoms with van der Waals surface area (Å²) in [6, 6.07) is 24.1. The molecule has 0 spiro atoms. The van der Waals surface area contributed by atoms with Gasteiger partial charge in [0.2, 0.25) is 0 Å². The zero-order valence-electron chi connectivity index (χ0n) is 24.9. The van der Waals surface area contributed by atoms with Gasteiger partial charge in [0.25, 0.3) is 11.4 Å². The van der Waals surface area contributed by atoms with Crippen molar-refractivity contribution in [2.75, 3.05) is 11.9 Å². The fraction of sp³-hybridized carbons (Fsp3) is 0.235. The molecule has 6 rings (SSSR count). The van der Waals surface area contributed by atoms with Gasteiger partial charge in [-0.15, -0.1) is 23.4 Å². The number of rotatable bonds is 9. The van der Waals surface area contributed by atoms with Gasteiger partial charge in [-0.05, 0) is 66.8 Å². The standard InChI is InChI=1S/C34H28ClN3O8S/c1-2-45-34(40)22-7-3-5-9-27(22)46-33(39)20-13-16-25-23(17-20)30-24(32(36-25)19-11-14-21(15-12-19)37(41)42)18-29(31(30)35)47-28-10-6-4-8-26(28)38(43)44/h3-17,24,29-32,36H,2,18H2,1H3/t24-,29-,30+,31-,32-/m0/s1. The Kier molecular flexibility index (Phi) is 9.15. The van der Waals surface area contributed by atoms with E-state index in [1.807, 2.05) is 0 Å². The number of hydrogen-bond acceptors (Lipinski definition) is 10. The molecular formula is C34H28ClN3O8S. The van der Waals surface area contributed by atoms with E-state index in [1.54, 1.807) is 67.6 Å². The summed E-state index contributed by atoms with van der Waals surface area (Å²) in [5.41, 5.74) is 2.69. The minimum absolute atomic E-state index is 0.00480. The molecule has 0 amide bonds. The number of nitrogens with zero attached hydrogens (tertiary/aromatic N) is 2. The summed E-state index contributed by atoms with van der Waals surface area (Å²) >= 11 is 8.61. The normalized spacial score (nSPS) is 21.1. The van der Waals surface area contributed by atoms with Crippen LogP contribution in [0.5, 0.6) is 5.75 Å². The van der Waals surface area contributed by atoms with Crippen LogP contribution in [-0.2, 0) is 4.74 Å². The Balaban J connectivity index is 1.35. The molecule has 0 saturated heterocycles. The van der Waals surface area contributed by atoms with Crippen LogP contribution in [0.4, 0.5) is 17.1 Å². The Labute approximate surface area is 278 Å². The zero-order valence-corrected chi connectivity index (χ0v) is 26.5. The maximum Gasteiger partial charge on any atom is 0.343 e. The molecule has 5 atom stereocenters. The van der Waals surface area contributed by atoms with Crippen molar-refractivity contribution in [3.05, 3.63) is 133 Å². The molecule has 0 radical (unpaired) electrons. The summed E-state index contributed by atoms with van der Waals surface area (Å²) in [6.45, 7) is 1.85. The average Bonchev–Trinajstić information content (AvgIpc) is 3.40. The Hall–Kier alpha value is -4.94. The molecule has 1 N–H and O–H groups in total. The number of anilines is 1. The maximum absolute atomic E-state index is 13.4. The number of benzene rings is 4. The van der Waals surface area contributed by atoms with E-state index in [9.17, 15) is 29.8 Å². The third-order valence-electron chi connectivity index (χ3n) is 8.44. The minimum atomic E-state index is -0.673. The molecule has 0 unspecified atom stereocenters. The van der Waals surface area contributed by atoms with Crippen LogP contribution < -0.4 is 10.1 Å². The van der Waals surface area contributed by atoms with Gasteiger partial charge in [-0.25, -0.2) is 9.59 Å². The molecule has 47 heavy (non-hydrogen) atoms. The van der Waals surface area contributed by atoms with Crippen molar-refractivity contribution in [2.24, 2.45) is 5.92 Å². The molecule has 0 aromatic heterocycles. The third kappa shape index (κ3) is 6.38. The lowest BCUT2D eigenvalue weighted by molar-refractivity contribution is -0.387. The van der Waals surface area contributed by atoms with Crippen LogP contribution in [0.1, 0.15) is 57.1 Å². The lowest BCUT2D eigenvalue weighted by Crippen LogP contribution is -2.31. The largest absolute Gasteiger partial charge is 0.462 e. The summed E-state index contributed by atoms with van der Waals surface area (Å²) in [4.78, 5) is 48.6. The van der Waals surface area contributed by atoms with Crippen LogP contribution in [0.2, 0.25) is 0 Å². The van der Waals surface area contributed by atoms with E-state index in [0.717, 1.165) is 16.8 Å². The van der Waals surface area contributed by atoms with Crippen LogP contribution in [-0.4, -0.2) is 39.0 Å². The SMILES string of the molecule is CCOC(=O)c1ccccc1OC(=O)c1ccc2c(c1)[C@H]1[C@@H](Cl)[C@@H](Sc3ccccc3[N+](=O)[O-])C[C@@H]1[C@H](c1ccc([N+](=O)[O-])cc1)N2. The molecule has 0 bridgehead atoms. The van der Waals surface area contributed by atoms with Crippen LogP contribution in [0.3, 0.4) is 0 Å². The smallest absolute Gasteiger partial charge is 0.343 e. The van der Waals surface area contributed by atoms with Gasteiger partial charge in [-0.2, -0.15) is 0 Å². The first kappa shape index (κ1) is 32.0. The first-order valence-electron chi connectivity index (χ1n) is 14.8. The predicted molar refractivity (Wildman–Crippen MR) is 176 cm³/mol. The van der Waals surface area contributed by atoms with Gasteiger partial charge in [0.05, 0.1) is 38.3 Å². The van der Waals surface area contributed by atoms with Gasteiger partial charge >= 0.3 is 11.9 Å². The maximum atomic E-state index is 13.4. The van der Waals surface area contributed by atoms with Gasteiger partial charge in [0.15, 0.2) is 0 Å². The number of ether oxygens (including phenoxy) is 2. The molecule has 11 nitrogen and oxygen atoms in total. The Morgan fingerprint density at radius 3 is 2.38 bits per heavy atom. The lowest BCUT2D eigenvalue weighted by Gasteiger charge is -2.38. The molecule has 4 aromatic rings. The summed E-state index contributed by atoms with van der Waals surface area (Å²) in [7, 11) is 0. The lowest BCUT2D eigenvalue weighted by atomic mass is 9.77. The summed E-state index contributed by atoms with van der Waals surface area (Å²) < 4.78 is 10.8. The van der Waals surface area contributed by atoms with Gasteiger partial charge in [-0.3, -0.25) is 20.2 Å². The Bertz CT molecular complexity index is 1870. The fourth-order valence-electron chi connectivity index (χ4n) is 6.34. The van der Waals surface area contributed by atoms with E-state index in [0.29, 0.717) is 11.3 Å². The van der Waals surface area contributed by atoms with E-state index < -0.39 is 27.2 Å². The van der Waals surface area contributed by atoms with Crippen LogP contribution in [0.15, 0.2) is 95.9 Å². The van der Waals surface area contributed by atoms with Crippen molar-refractivity contribution >= 4 is 52.4 Å². The number of esters is 2. The number of non-ortho nitro benzene ring substituents is 1. The Morgan fingerprint density at radius 2 is 1.66 bits per heavy atom. The average molecular weight is 674 g/mol. The van der Waals surface area contributed by atoms with Crippen molar-refractivity contribution in [1.82, 2.24) is 0 Å². The fourth-order valence-corrected chi connectivity index (χ4v) is 8.28. The molecule has 13 heteroatoms.